The Morgan fingerprint density at radius 3 is 2.45 bits per heavy atom. The van der Waals surface area contributed by atoms with Crippen LogP contribution >= 0.6 is 0 Å². The second-order valence-corrected chi connectivity index (χ2v) is 1.96. The van der Waals surface area contributed by atoms with E-state index in [1.54, 1.807) is 19.2 Å². The lowest BCUT2D eigenvalue weighted by atomic mass is 10.3. The van der Waals surface area contributed by atoms with Gasteiger partial charge in [-0.3, -0.25) is 4.68 Å². The summed E-state index contributed by atoms with van der Waals surface area (Å²) in [6, 6.07) is 3.58. The van der Waals surface area contributed by atoms with Crippen LogP contribution in [0.3, 0.4) is 0 Å². The van der Waals surface area contributed by atoms with Crippen molar-refractivity contribution in [1.29, 1.82) is 10.5 Å². The molecule has 1 aromatic rings. The molecule has 2 N–H and O–H groups in total. The molecule has 0 aliphatic heterocycles. The zero-order chi connectivity index (χ0) is 8.43. The summed E-state index contributed by atoms with van der Waals surface area (Å²) in [5, 5.41) is 20.7. The van der Waals surface area contributed by atoms with Crippen molar-refractivity contribution in [1.82, 2.24) is 9.78 Å². The Hall–Kier alpha value is -2.01. The van der Waals surface area contributed by atoms with Gasteiger partial charge in [-0.1, -0.05) is 0 Å². The average Bonchev–Trinajstić information content (AvgIpc) is 2.28. The monoisotopic (exact) mass is 147 g/mol. The van der Waals surface area contributed by atoms with Gasteiger partial charge >= 0.3 is 0 Å². The van der Waals surface area contributed by atoms with E-state index in [1.165, 1.54) is 4.68 Å². The SMILES string of the molecule is Cn1nc(C#N)c(C#N)c1N. The Morgan fingerprint density at radius 2 is 2.09 bits per heavy atom. The van der Waals surface area contributed by atoms with Crippen LogP contribution in [0.5, 0.6) is 0 Å². The number of rotatable bonds is 0. The van der Waals surface area contributed by atoms with Crippen LogP contribution in [-0.2, 0) is 7.05 Å². The molecule has 0 radical (unpaired) electrons. The quantitative estimate of drug-likeness (QED) is 0.547. The summed E-state index contributed by atoms with van der Waals surface area (Å²) in [5.74, 6) is 0.226. The molecule has 0 unspecified atom stereocenters. The molecule has 1 aromatic heterocycles. The molecule has 1 heterocycles. The number of nitrogens with zero attached hydrogens (tertiary/aromatic N) is 4. The van der Waals surface area contributed by atoms with Crippen molar-refractivity contribution in [2.45, 2.75) is 0 Å². The third-order valence-electron chi connectivity index (χ3n) is 1.31. The van der Waals surface area contributed by atoms with Crippen molar-refractivity contribution in [3.8, 4) is 12.1 Å². The molecule has 0 saturated carbocycles. The minimum absolute atomic E-state index is 0.0764. The number of nitrogen functional groups attached to an aromatic ring is 1. The highest BCUT2D eigenvalue weighted by atomic mass is 15.3. The van der Waals surface area contributed by atoms with Gasteiger partial charge in [-0.25, -0.2) is 0 Å². The van der Waals surface area contributed by atoms with Crippen molar-refractivity contribution in [3.63, 3.8) is 0 Å². The van der Waals surface area contributed by atoms with Crippen molar-refractivity contribution >= 4 is 5.82 Å². The predicted octanol–water partition coefficient (Wildman–Crippen LogP) is -0.254. The first kappa shape index (κ1) is 7.10. The van der Waals surface area contributed by atoms with Crippen LogP contribution < -0.4 is 5.73 Å². The van der Waals surface area contributed by atoms with Gasteiger partial charge < -0.3 is 5.73 Å². The van der Waals surface area contributed by atoms with E-state index in [-0.39, 0.29) is 17.1 Å². The Morgan fingerprint density at radius 1 is 1.45 bits per heavy atom. The van der Waals surface area contributed by atoms with Gasteiger partial charge in [0.25, 0.3) is 0 Å². The summed E-state index contributed by atoms with van der Waals surface area (Å²) in [7, 11) is 1.58. The molecular weight excluding hydrogens is 142 g/mol. The maximum atomic E-state index is 8.51. The third-order valence-corrected chi connectivity index (χ3v) is 1.31. The van der Waals surface area contributed by atoms with Gasteiger partial charge in [-0.05, 0) is 0 Å². The summed E-state index contributed by atoms with van der Waals surface area (Å²) in [5.41, 5.74) is 5.64. The summed E-state index contributed by atoms with van der Waals surface area (Å²) < 4.78 is 1.30. The lowest BCUT2D eigenvalue weighted by molar-refractivity contribution is 0.774. The Bertz CT molecular complexity index is 362. The van der Waals surface area contributed by atoms with Crippen LogP contribution in [-0.4, -0.2) is 9.78 Å². The molecule has 11 heavy (non-hydrogen) atoms. The maximum Gasteiger partial charge on any atom is 0.182 e. The second-order valence-electron chi connectivity index (χ2n) is 1.96. The number of nitrogens with two attached hydrogens (primary N) is 1. The highest BCUT2D eigenvalue weighted by Gasteiger charge is 2.11. The van der Waals surface area contributed by atoms with E-state index >= 15 is 0 Å². The van der Waals surface area contributed by atoms with E-state index in [2.05, 4.69) is 5.10 Å². The van der Waals surface area contributed by atoms with Gasteiger partial charge in [0.05, 0.1) is 0 Å². The van der Waals surface area contributed by atoms with Crippen LogP contribution in [0.2, 0.25) is 0 Å². The molecule has 0 atom stereocenters. The molecule has 0 fully saturated rings. The van der Waals surface area contributed by atoms with Gasteiger partial charge in [-0.15, -0.1) is 0 Å². The number of aryl methyl sites for hydroxylation is 1. The van der Waals surface area contributed by atoms with Gasteiger partial charge in [0.15, 0.2) is 5.69 Å². The first-order valence-electron chi connectivity index (χ1n) is 2.83. The van der Waals surface area contributed by atoms with Gasteiger partial charge in [0.1, 0.15) is 23.5 Å². The number of aromatic nitrogens is 2. The molecule has 0 aliphatic carbocycles. The van der Waals surface area contributed by atoms with Gasteiger partial charge in [0.2, 0.25) is 0 Å². The topological polar surface area (TPSA) is 91.4 Å². The van der Waals surface area contributed by atoms with Crippen molar-refractivity contribution in [2.75, 3.05) is 5.73 Å². The van der Waals surface area contributed by atoms with E-state index in [0.29, 0.717) is 0 Å². The Balaban J connectivity index is 3.45. The summed E-state index contributed by atoms with van der Waals surface area (Å²) >= 11 is 0. The fourth-order valence-corrected chi connectivity index (χ4v) is 0.725. The second kappa shape index (κ2) is 2.31. The van der Waals surface area contributed by atoms with Crippen molar-refractivity contribution in [3.05, 3.63) is 11.3 Å². The highest BCUT2D eigenvalue weighted by Crippen LogP contribution is 2.12. The minimum Gasteiger partial charge on any atom is -0.383 e. The predicted molar refractivity (Wildman–Crippen MR) is 37.1 cm³/mol. The molecule has 0 aromatic carbocycles. The Kier molecular flexibility index (Phi) is 1.49. The molecule has 0 amide bonds. The first-order chi connectivity index (χ1) is 5.20. The van der Waals surface area contributed by atoms with E-state index < -0.39 is 0 Å². The smallest absolute Gasteiger partial charge is 0.182 e. The van der Waals surface area contributed by atoms with Crippen LogP contribution in [0, 0.1) is 22.7 Å². The van der Waals surface area contributed by atoms with Gasteiger partial charge in [0, 0.05) is 7.05 Å². The molecule has 0 bridgehead atoms. The van der Waals surface area contributed by atoms with E-state index in [9.17, 15) is 0 Å². The fraction of sp³-hybridized carbons (Fsp3) is 0.167. The summed E-state index contributed by atoms with van der Waals surface area (Å²) in [6.07, 6.45) is 0. The zero-order valence-corrected chi connectivity index (χ0v) is 5.87. The van der Waals surface area contributed by atoms with E-state index in [1.807, 2.05) is 0 Å². The molecule has 5 heteroatoms. The highest BCUT2D eigenvalue weighted by molar-refractivity contribution is 5.55. The van der Waals surface area contributed by atoms with Crippen LogP contribution in [0.1, 0.15) is 11.3 Å². The molecule has 0 saturated heterocycles. The lowest BCUT2D eigenvalue weighted by Gasteiger charge is -1.89. The first-order valence-corrected chi connectivity index (χ1v) is 2.83. The zero-order valence-electron chi connectivity index (χ0n) is 5.87. The third kappa shape index (κ3) is 0.886. The van der Waals surface area contributed by atoms with E-state index in [0.717, 1.165) is 0 Å². The summed E-state index contributed by atoms with van der Waals surface area (Å²) in [6.45, 7) is 0. The minimum atomic E-state index is 0.0764. The molecule has 54 valence electrons. The molecular formula is C6H5N5. The number of hydrogen-bond acceptors (Lipinski definition) is 4. The standard InChI is InChI=1S/C6H5N5/c1-11-6(9)4(2-7)5(3-8)10-11/h9H2,1H3. The number of anilines is 1. The Labute approximate surface area is 63.3 Å². The normalized spacial score (nSPS) is 8.64. The lowest BCUT2D eigenvalue weighted by Crippen LogP contribution is -1.97. The van der Waals surface area contributed by atoms with Crippen LogP contribution in [0.25, 0.3) is 0 Å². The molecule has 0 aliphatic rings. The van der Waals surface area contributed by atoms with Crippen LogP contribution in [0.4, 0.5) is 5.82 Å². The maximum absolute atomic E-state index is 8.51. The van der Waals surface area contributed by atoms with Gasteiger partial charge in [-0.2, -0.15) is 15.6 Å². The van der Waals surface area contributed by atoms with Crippen molar-refractivity contribution < 1.29 is 0 Å². The van der Waals surface area contributed by atoms with E-state index in [4.69, 9.17) is 16.3 Å². The fourth-order valence-electron chi connectivity index (χ4n) is 0.725. The van der Waals surface area contributed by atoms with Crippen molar-refractivity contribution in [2.24, 2.45) is 7.05 Å². The number of hydrogen-bond donors (Lipinski definition) is 1. The summed E-state index contributed by atoms with van der Waals surface area (Å²) in [4.78, 5) is 0. The van der Waals surface area contributed by atoms with Crippen LogP contribution in [0.15, 0.2) is 0 Å². The molecule has 0 spiro atoms. The molecule has 1 rings (SSSR count). The number of nitriles is 2. The molecule has 5 nitrogen and oxygen atoms in total. The average molecular weight is 147 g/mol. The largest absolute Gasteiger partial charge is 0.383 e.